The van der Waals surface area contributed by atoms with Crippen molar-refractivity contribution in [1.29, 1.82) is 0 Å². The Morgan fingerprint density at radius 2 is 1.84 bits per heavy atom. The Morgan fingerprint density at radius 1 is 1.05 bits per heavy atom. The monoisotopic (exact) mass is 261 g/mol. The van der Waals surface area contributed by atoms with Gasteiger partial charge in [0.25, 0.3) is 0 Å². The minimum Gasteiger partial charge on any atom is -0.480 e. The van der Waals surface area contributed by atoms with Gasteiger partial charge in [-0.25, -0.2) is 4.98 Å². The minimum atomic E-state index is -0.248. The molecular formula is C12H15N5O2. The Bertz CT molecular complexity index is 532. The first-order valence-electron chi connectivity index (χ1n) is 5.70. The molecule has 1 N–H and O–H groups in total. The van der Waals surface area contributed by atoms with Crippen molar-refractivity contribution >= 4 is 0 Å². The summed E-state index contributed by atoms with van der Waals surface area (Å²) in [7, 11) is 4.91. The molecule has 2 aromatic heterocycles. The second-order valence-corrected chi connectivity index (χ2v) is 3.67. The van der Waals surface area contributed by atoms with Crippen LogP contribution in [0.15, 0.2) is 24.5 Å². The Labute approximate surface area is 111 Å². The molecule has 0 radical (unpaired) electrons. The van der Waals surface area contributed by atoms with Crippen LogP contribution in [0.25, 0.3) is 0 Å². The van der Waals surface area contributed by atoms with Crippen molar-refractivity contribution in [3.8, 4) is 11.8 Å². The molecule has 0 amide bonds. The van der Waals surface area contributed by atoms with Crippen LogP contribution in [0, 0.1) is 0 Å². The summed E-state index contributed by atoms with van der Waals surface area (Å²) < 4.78 is 10.2. The van der Waals surface area contributed by atoms with Crippen molar-refractivity contribution in [3.05, 3.63) is 35.9 Å². The lowest BCUT2D eigenvalue weighted by Crippen LogP contribution is -2.21. The molecule has 0 spiro atoms. The summed E-state index contributed by atoms with van der Waals surface area (Å²) in [4.78, 5) is 8.42. The van der Waals surface area contributed by atoms with E-state index in [2.05, 4.69) is 25.5 Å². The zero-order valence-electron chi connectivity index (χ0n) is 11.0. The van der Waals surface area contributed by atoms with Crippen LogP contribution in [0.2, 0.25) is 0 Å². The van der Waals surface area contributed by atoms with E-state index in [4.69, 9.17) is 9.47 Å². The van der Waals surface area contributed by atoms with Gasteiger partial charge in [-0.15, -0.1) is 10.2 Å². The number of nitrogens with zero attached hydrogens (tertiary/aromatic N) is 4. The maximum absolute atomic E-state index is 5.21. The first-order valence-corrected chi connectivity index (χ1v) is 5.70. The van der Waals surface area contributed by atoms with Crippen LogP contribution in [0.3, 0.4) is 0 Å². The fourth-order valence-corrected chi connectivity index (χ4v) is 1.71. The van der Waals surface area contributed by atoms with Crippen molar-refractivity contribution in [3.63, 3.8) is 0 Å². The number of ether oxygens (including phenoxy) is 2. The van der Waals surface area contributed by atoms with Gasteiger partial charge in [0, 0.05) is 18.5 Å². The first-order chi connectivity index (χ1) is 9.30. The fourth-order valence-electron chi connectivity index (χ4n) is 1.71. The minimum absolute atomic E-state index is 0.248. The number of aromatic nitrogens is 4. The van der Waals surface area contributed by atoms with Gasteiger partial charge in [-0.1, -0.05) is 0 Å². The highest BCUT2D eigenvalue weighted by Crippen LogP contribution is 2.24. The lowest BCUT2D eigenvalue weighted by atomic mass is 10.1. The van der Waals surface area contributed by atoms with Gasteiger partial charge in [-0.2, -0.15) is 0 Å². The normalized spacial score (nSPS) is 11.9. The van der Waals surface area contributed by atoms with Crippen LogP contribution in [-0.2, 0) is 0 Å². The topological polar surface area (TPSA) is 82.0 Å². The molecule has 0 aliphatic carbocycles. The van der Waals surface area contributed by atoms with Crippen molar-refractivity contribution in [1.82, 2.24) is 25.5 Å². The van der Waals surface area contributed by atoms with Crippen LogP contribution in [0.5, 0.6) is 11.8 Å². The summed E-state index contributed by atoms with van der Waals surface area (Å²) in [5.41, 5.74) is 1.37. The zero-order valence-corrected chi connectivity index (χ0v) is 11.0. The summed E-state index contributed by atoms with van der Waals surface area (Å²) in [5.74, 6) is 0.921. The van der Waals surface area contributed by atoms with Gasteiger partial charge in [0.05, 0.1) is 26.0 Å². The van der Waals surface area contributed by atoms with Gasteiger partial charge in [0.1, 0.15) is 5.69 Å². The first kappa shape index (κ1) is 13.2. The molecule has 7 nitrogen and oxygen atoms in total. The molecule has 2 rings (SSSR count). The predicted octanol–water partition coefficient (Wildman–Crippen LogP) is 0.593. The third kappa shape index (κ3) is 2.76. The molecule has 0 fully saturated rings. The van der Waals surface area contributed by atoms with Crippen LogP contribution in [-0.4, -0.2) is 41.4 Å². The van der Waals surface area contributed by atoms with Crippen molar-refractivity contribution in [2.75, 3.05) is 21.3 Å². The van der Waals surface area contributed by atoms with E-state index in [-0.39, 0.29) is 6.04 Å². The van der Waals surface area contributed by atoms with E-state index in [1.165, 1.54) is 0 Å². The molecule has 0 bridgehead atoms. The second kappa shape index (κ2) is 6.05. The van der Waals surface area contributed by atoms with Crippen LogP contribution < -0.4 is 14.8 Å². The van der Waals surface area contributed by atoms with Crippen molar-refractivity contribution in [2.24, 2.45) is 0 Å². The lowest BCUT2D eigenvalue weighted by Gasteiger charge is -2.16. The molecular weight excluding hydrogens is 246 g/mol. The molecule has 100 valence electrons. The van der Waals surface area contributed by atoms with Crippen LogP contribution in [0.4, 0.5) is 0 Å². The average Bonchev–Trinajstić information content (AvgIpc) is 2.49. The molecule has 0 aliphatic heterocycles. The molecule has 0 aliphatic rings. The standard InChI is InChI=1S/C12H15N5O2/c1-13-10(8-4-5-9(18-2)17-16-8)11-12(19-3)15-7-6-14-11/h4-7,10,13H,1-3H3. The summed E-state index contributed by atoms with van der Waals surface area (Å²) in [6.07, 6.45) is 3.19. The number of rotatable bonds is 5. The Hall–Kier alpha value is -2.28. The van der Waals surface area contributed by atoms with E-state index < -0.39 is 0 Å². The van der Waals surface area contributed by atoms with E-state index >= 15 is 0 Å². The molecule has 0 saturated heterocycles. The van der Waals surface area contributed by atoms with Gasteiger partial charge < -0.3 is 14.8 Å². The fraction of sp³-hybridized carbons (Fsp3) is 0.333. The molecule has 2 heterocycles. The molecule has 0 aromatic carbocycles. The number of methoxy groups -OCH3 is 2. The van der Waals surface area contributed by atoms with E-state index in [0.29, 0.717) is 23.1 Å². The largest absolute Gasteiger partial charge is 0.480 e. The molecule has 1 atom stereocenters. The van der Waals surface area contributed by atoms with E-state index in [1.807, 2.05) is 13.1 Å². The summed E-state index contributed by atoms with van der Waals surface area (Å²) in [5, 5.41) is 11.2. The Morgan fingerprint density at radius 3 is 2.42 bits per heavy atom. The van der Waals surface area contributed by atoms with Crippen molar-refractivity contribution in [2.45, 2.75) is 6.04 Å². The van der Waals surface area contributed by atoms with Gasteiger partial charge in [0.15, 0.2) is 0 Å². The third-order valence-electron chi connectivity index (χ3n) is 2.61. The highest BCUT2D eigenvalue weighted by Gasteiger charge is 2.20. The second-order valence-electron chi connectivity index (χ2n) is 3.67. The molecule has 19 heavy (non-hydrogen) atoms. The van der Waals surface area contributed by atoms with E-state index in [1.54, 1.807) is 32.7 Å². The zero-order chi connectivity index (χ0) is 13.7. The van der Waals surface area contributed by atoms with Gasteiger partial charge in [-0.05, 0) is 13.1 Å². The summed E-state index contributed by atoms with van der Waals surface area (Å²) in [6, 6.07) is 3.32. The highest BCUT2D eigenvalue weighted by atomic mass is 16.5. The van der Waals surface area contributed by atoms with E-state index in [0.717, 1.165) is 0 Å². The quantitative estimate of drug-likeness (QED) is 0.843. The van der Waals surface area contributed by atoms with Gasteiger partial charge in [0.2, 0.25) is 11.8 Å². The van der Waals surface area contributed by atoms with Gasteiger partial charge >= 0.3 is 0 Å². The SMILES string of the molecule is CNC(c1ccc(OC)nn1)c1nccnc1OC. The van der Waals surface area contributed by atoms with Gasteiger partial charge in [-0.3, -0.25) is 4.98 Å². The molecule has 0 saturated carbocycles. The summed E-state index contributed by atoms with van der Waals surface area (Å²) >= 11 is 0. The van der Waals surface area contributed by atoms with Crippen LogP contribution in [0.1, 0.15) is 17.4 Å². The number of hydrogen-bond donors (Lipinski definition) is 1. The van der Waals surface area contributed by atoms with E-state index in [9.17, 15) is 0 Å². The average molecular weight is 261 g/mol. The number of nitrogens with one attached hydrogen (secondary N) is 1. The predicted molar refractivity (Wildman–Crippen MR) is 68.1 cm³/mol. The Balaban J connectivity index is 2.37. The lowest BCUT2D eigenvalue weighted by molar-refractivity contribution is 0.381. The van der Waals surface area contributed by atoms with Crippen LogP contribution >= 0.6 is 0 Å². The highest BCUT2D eigenvalue weighted by molar-refractivity contribution is 5.29. The van der Waals surface area contributed by atoms with Crippen molar-refractivity contribution < 1.29 is 9.47 Å². The molecule has 1 unspecified atom stereocenters. The smallest absolute Gasteiger partial charge is 0.237 e. The molecule has 2 aromatic rings. The maximum atomic E-state index is 5.21. The summed E-state index contributed by atoms with van der Waals surface area (Å²) in [6.45, 7) is 0. The maximum Gasteiger partial charge on any atom is 0.237 e. The third-order valence-corrected chi connectivity index (χ3v) is 2.61. The number of hydrogen-bond acceptors (Lipinski definition) is 7. The Kier molecular flexibility index (Phi) is 4.19. The molecule has 7 heteroatoms.